The maximum absolute atomic E-state index is 9.59. The molecule has 3 fully saturated rings. The summed E-state index contributed by atoms with van der Waals surface area (Å²) < 4.78 is 72.3. The molecule has 93 heavy (non-hydrogen) atoms. The van der Waals surface area contributed by atoms with Crippen LogP contribution in [0.4, 0.5) is 0 Å². The van der Waals surface area contributed by atoms with Crippen LogP contribution in [0.1, 0.15) is 332 Å². The monoisotopic (exact) mass is 1340 g/mol. The number of hydrogen-bond acceptors (Lipinski definition) is 15. The van der Waals surface area contributed by atoms with Crippen LogP contribution in [0, 0.1) is 11.8 Å². The Hall–Kier alpha value is -0.600. The fourth-order valence-electron chi connectivity index (χ4n) is 10.9. The lowest BCUT2D eigenvalue weighted by Gasteiger charge is -2.25. The minimum atomic E-state index is -0.481. The van der Waals surface area contributed by atoms with Gasteiger partial charge in [0.05, 0.1) is 84.9 Å². The van der Waals surface area contributed by atoms with Crippen molar-refractivity contribution >= 4 is 0 Å². The van der Waals surface area contributed by atoms with Gasteiger partial charge in [0.1, 0.15) is 6.10 Å². The summed E-state index contributed by atoms with van der Waals surface area (Å²) in [7, 11) is 0. The lowest BCUT2D eigenvalue weighted by Crippen LogP contribution is -2.25. The molecule has 7 unspecified atom stereocenters. The highest BCUT2D eigenvalue weighted by atomic mass is 16.7. The maximum Gasteiger partial charge on any atom is 0.157 e. The molecule has 0 aromatic heterocycles. The first-order chi connectivity index (χ1) is 45.7. The van der Waals surface area contributed by atoms with Crippen LogP contribution in [0.2, 0.25) is 0 Å². The van der Waals surface area contributed by atoms with Crippen molar-refractivity contribution in [2.75, 3.05) is 126 Å². The molecule has 2 heterocycles. The Balaban J connectivity index is 0. The first-order valence-electron chi connectivity index (χ1n) is 39.8. The second-order valence-corrected chi connectivity index (χ2v) is 26.4. The highest BCUT2D eigenvalue weighted by Gasteiger charge is 2.18. The SMILES string of the molecule is CCCCC(CC)COCC(O)COCCC.CCCCC(CC)COCCOC1CCCCO1.CCCCCCCCCOCCOC1CCCCO1.CCCCCCCCOCCOCC(O)CCCC.CCCCCCCOCCOC(C)OC1CCCCC1. The molecule has 7 atom stereocenters. The third-order valence-electron chi connectivity index (χ3n) is 17.1. The van der Waals surface area contributed by atoms with Crippen LogP contribution in [0.5, 0.6) is 0 Å². The zero-order valence-corrected chi connectivity index (χ0v) is 63.2. The standard InChI is InChI=1S/C17H34O3.C16H32O3.C16H34O3.C15H30O3.C14H30O3/c1-3-4-5-6-10-13-18-14-15-19-16(2)20-17-11-8-7-9-12-17;1-2-3-4-5-6-7-9-12-17-14-15-19-16-11-8-10-13-18-16;1-3-5-7-8-9-10-12-18-13-14-19-15-16(17)11-6-4-2;1-3-5-8-14(4-2)13-16-11-12-18-15-9-6-7-10-17-15;1-4-7-8-13(6-3)10-17-12-14(15)11-16-9-5-2/h16-17H,3-15H2,1-2H3;16H,2-15H2,1H3;16-17H,3-15H2,1-2H3;14-15H,3-13H2,1-2H3;13-15H,4-12H2,1-3H3. The van der Waals surface area contributed by atoms with E-state index < -0.39 is 6.10 Å². The van der Waals surface area contributed by atoms with E-state index in [2.05, 4.69) is 62.3 Å². The normalized spacial score (nSPS) is 17.5. The first-order valence-corrected chi connectivity index (χ1v) is 39.8. The van der Waals surface area contributed by atoms with E-state index in [4.69, 9.17) is 61.6 Å². The lowest BCUT2D eigenvalue weighted by atomic mass is 9.98. The maximum atomic E-state index is 9.59. The van der Waals surface area contributed by atoms with Crippen LogP contribution in [-0.2, 0) is 61.6 Å². The average Bonchev–Trinajstić information content (AvgIpc) is 3.76. The van der Waals surface area contributed by atoms with Crippen LogP contribution in [0.15, 0.2) is 0 Å². The molecule has 2 saturated heterocycles. The predicted molar refractivity (Wildman–Crippen MR) is 387 cm³/mol. The van der Waals surface area contributed by atoms with Crippen molar-refractivity contribution in [3.8, 4) is 0 Å². The Morgan fingerprint density at radius 1 is 0.323 bits per heavy atom. The fraction of sp³-hybridized carbons (Fsp3) is 1.00. The van der Waals surface area contributed by atoms with Crippen molar-refractivity contribution in [2.24, 2.45) is 11.8 Å². The topological polar surface area (TPSA) is 160 Å². The van der Waals surface area contributed by atoms with Crippen LogP contribution in [0.25, 0.3) is 0 Å². The van der Waals surface area contributed by atoms with Crippen molar-refractivity contribution in [3.05, 3.63) is 0 Å². The molecule has 0 radical (unpaired) electrons. The van der Waals surface area contributed by atoms with E-state index in [9.17, 15) is 10.2 Å². The van der Waals surface area contributed by atoms with E-state index in [-0.39, 0.29) is 25.0 Å². The summed E-state index contributed by atoms with van der Waals surface area (Å²) in [5.74, 6) is 1.36. The molecule has 15 nitrogen and oxygen atoms in total. The smallest absolute Gasteiger partial charge is 0.157 e. The molecule has 3 aliphatic rings. The van der Waals surface area contributed by atoms with Crippen molar-refractivity contribution in [1.82, 2.24) is 0 Å². The number of aliphatic hydroxyl groups is 2. The highest BCUT2D eigenvalue weighted by Crippen LogP contribution is 2.22. The summed E-state index contributed by atoms with van der Waals surface area (Å²) in [5.41, 5.74) is 0. The molecule has 0 aromatic carbocycles. The summed E-state index contributed by atoms with van der Waals surface area (Å²) in [6.45, 7) is 35.0. The molecule has 2 aliphatic heterocycles. The van der Waals surface area contributed by atoms with Gasteiger partial charge in [-0.15, -0.1) is 0 Å². The molecule has 0 amide bonds. The highest BCUT2D eigenvalue weighted by molar-refractivity contribution is 4.66. The number of ether oxygens (including phenoxy) is 13. The van der Waals surface area contributed by atoms with Gasteiger partial charge in [0.2, 0.25) is 0 Å². The van der Waals surface area contributed by atoms with Gasteiger partial charge in [-0.25, -0.2) is 0 Å². The molecule has 0 bridgehead atoms. The van der Waals surface area contributed by atoms with Gasteiger partial charge in [-0.05, 0) is 115 Å². The zero-order valence-electron chi connectivity index (χ0n) is 63.2. The summed E-state index contributed by atoms with van der Waals surface area (Å²) in [6, 6.07) is 0. The molecule has 0 aromatic rings. The molecule has 0 spiro atoms. The summed E-state index contributed by atoms with van der Waals surface area (Å²) >= 11 is 0. The molecule has 15 heteroatoms. The minimum absolute atomic E-state index is 0.0180. The van der Waals surface area contributed by atoms with Gasteiger partial charge in [0, 0.05) is 52.9 Å². The molecular formula is C78H160O15. The third kappa shape index (κ3) is 73.9. The van der Waals surface area contributed by atoms with Gasteiger partial charge in [0.15, 0.2) is 18.9 Å². The van der Waals surface area contributed by atoms with Gasteiger partial charge in [-0.2, -0.15) is 0 Å². The Labute approximate surface area is 576 Å². The fourth-order valence-corrected chi connectivity index (χ4v) is 10.9. The van der Waals surface area contributed by atoms with Gasteiger partial charge in [0.25, 0.3) is 0 Å². The Morgan fingerprint density at radius 2 is 0.699 bits per heavy atom. The molecule has 2 N–H and O–H groups in total. The van der Waals surface area contributed by atoms with E-state index >= 15 is 0 Å². The minimum Gasteiger partial charge on any atom is -0.391 e. The second-order valence-electron chi connectivity index (χ2n) is 26.4. The van der Waals surface area contributed by atoms with E-state index in [0.717, 1.165) is 104 Å². The Kier molecular flexibility index (Phi) is 81.6. The summed E-state index contributed by atoms with van der Waals surface area (Å²) in [6.07, 6.45) is 50.4. The van der Waals surface area contributed by atoms with Crippen LogP contribution >= 0.6 is 0 Å². The van der Waals surface area contributed by atoms with Gasteiger partial charge in [-0.3, -0.25) is 0 Å². The van der Waals surface area contributed by atoms with Crippen molar-refractivity contribution in [1.29, 1.82) is 0 Å². The summed E-state index contributed by atoms with van der Waals surface area (Å²) in [4.78, 5) is 0. The van der Waals surface area contributed by atoms with Crippen molar-refractivity contribution in [2.45, 2.75) is 370 Å². The van der Waals surface area contributed by atoms with Gasteiger partial charge >= 0.3 is 0 Å². The number of aliphatic hydroxyl groups excluding tert-OH is 2. The van der Waals surface area contributed by atoms with Gasteiger partial charge < -0.3 is 71.8 Å². The van der Waals surface area contributed by atoms with E-state index in [1.54, 1.807) is 0 Å². The summed E-state index contributed by atoms with van der Waals surface area (Å²) in [5, 5.41) is 19.1. The zero-order chi connectivity index (χ0) is 68.2. The van der Waals surface area contributed by atoms with Crippen LogP contribution in [-0.4, -0.2) is 173 Å². The van der Waals surface area contributed by atoms with E-state index in [1.165, 1.54) is 212 Å². The average molecular weight is 1340 g/mol. The number of hydrogen-bond donors (Lipinski definition) is 2. The molecule has 1 aliphatic carbocycles. The quantitative estimate of drug-likeness (QED) is 0.0437. The van der Waals surface area contributed by atoms with Crippen LogP contribution < -0.4 is 0 Å². The molecule has 562 valence electrons. The largest absolute Gasteiger partial charge is 0.391 e. The van der Waals surface area contributed by atoms with Crippen molar-refractivity contribution < 1.29 is 71.8 Å². The molecule has 3 rings (SSSR count). The Bertz CT molecular complexity index is 1320. The Morgan fingerprint density at radius 3 is 1.16 bits per heavy atom. The van der Waals surface area contributed by atoms with E-state index in [0.29, 0.717) is 91.3 Å². The number of rotatable bonds is 61. The van der Waals surface area contributed by atoms with E-state index in [1.807, 2.05) is 6.92 Å². The third-order valence-corrected chi connectivity index (χ3v) is 17.1. The van der Waals surface area contributed by atoms with Gasteiger partial charge in [-0.1, -0.05) is 229 Å². The first kappa shape index (κ1) is 94.5. The lowest BCUT2D eigenvalue weighted by molar-refractivity contribution is -0.172. The van der Waals surface area contributed by atoms with Crippen LogP contribution in [0.3, 0.4) is 0 Å². The molecular weight excluding hydrogens is 1180 g/mol. The molecule has 1 saturated carbocycles. The predicted octanol–water partition coefficient (Wildman–Crippen LogP) is 19.7. The second kappa shape index (κ2) is 80.4. The number of unbranched alkanes of at least 4 members (excludes halogenated alkanes) is 18. The van der Waals surface area contributed by atoms with Crippen molar-refractivity contribution in [3.63, 3.8) is 0 Å².